The van der Waals surface area contributed by atoms with Crippen molar-refractivity contribution in [2.75, 3.05) is 23.8 Å². The van der Waals surface area contributed by atoms with Crippen LogP contribution in [0.15, 0.2) is 42.5 Å². The van der Waals surface area contributed by atoms with Crippen molar-refractivity contribution in [3.63, 3.8) is 0 Å². The Hall–Kier alpha value is -3.54. The van der Waals surface area contributed by atoms with Gasteiger partial charge in [-0.1, -0.05) is 35.1 Å². The number of nitrogens with one attached hydrogen (secondary N) is 1. The third kappa shape index (κ3) is 7.06. The van der Waals surface area contributed by atoms with Gasteiger partial charge >= 0.3 is 0 Å². The van der Waals surface area contributed by atoms with Crippen molar-refractivity contribution in [2.45, 2.75) is 39.3 Å². The number of benzene rings is 2. The molecule has 1 unspecified atom stereocenters. The summed E-state index contributed by atoms with van der Waals surface area (Å²) in [6.45, 7) is 8.01. The quantitative estimate of drug-likeness (QED) is 0.247. The number of anilines is 3. The second-order valence-corrected chi connectivity index (χ2v) is 10.8. The Balaban J connectivity index is 1.80. The lowest BCUT2D eigenvalue weighted by molar-refractivity contribution is -0.118. The highest BCUT2D eigenvalue weighted by atomic mass is 35.5. The van der Waals surface area contributed by atoms with E-state index in [1.165, 1.54) is 48.2 Å². The van der Waals surface area contributed by atoms with E-state index >= 15 is 0 Å². The first kappa shape index (κ1) is 29.0. The van der Waals surface area contributed by atoms with E-state index < -0.39 is 23.5 Å². The van der Waals surface area contributed by atoms with Gasteiger partial charge < -0.3 is 26.4 Å². The van der Waals surface area contributed by atoms with Crippen LogP contribution in [0, 0.1) is 5.82 Å². The molecule has 1 aromatic heterocycles. The lowest BCUT2D eigenvalue weighted by Crippen LogP contribution is -2.40. The van der Waals surface area contributed by atoms with Crippen LogP contribution < -0.4 is 21.7 Å². The van der Waals surface area contributed by atoms with Crippen molar-refractivity contribution >= 4 is 57.2 Å². The van der Waals surface area contributed by atoms with Crippen molar-refractivity contribution in [3.8, 4) is 0 Å². The number of hydrogen-bond acceptors (Lipinski definition) is 8. The van der Waals surface area contributed by atoms with E-state index in [0.29, 0.717) is 18.7 Å². The summed E-state index contributed by atoms with van der Waals surface area (Å²) in [4.78, 5) is 43.4. The van der Waals surface area contributed by atoms with E-state index in [-0.39, 0.29) is 43.6 Å². The molecule has 0 bridgehead atoms. The molecule has 0 saturated heterocycles. The van der Waals surface area contributed by atoms with Gasteiger partial charge in [-0.25, -0.2) is 9.37 Å². The maximum Gasteiger partial charge on any atom is 0.251 e. The molecular formula is C26H29ClFN5O4S. The molecule has 0 fully saturated rings. The SMILES string of the molecule is CC(C(N)=O)N(c1ccc(Cl)c(F)c1)c1nc(N)c(C(=O)c2ccc(C(=O)NCCOC(C)(C)C)cc2)s1. The molecule has 2 aromatic carbocycles. The molecule has 38 heavy (non-hydrogen) atoms. The highest BCUT2D eigenvalue weighted by Crippen LogP contribution is 2.36. The van der Waals surface area contributed by atoms with Gasteiger partial charge in [-0.15, -0.1) is 0 Å². The number of carbonyl (C=O) groups excluding carboxylic acids is 3. The first-order valence-corrected chi connectivity index (χ1v) is 12.8. The standard InChI is InChI=1S/C26H29ClFN5O4S/c1-14(23(30)35)33(17-9-10-18(27)19(28)13-17)25-32-22(29)21(38-25)20(34)15-5-7-16(8-6-15)24(36)31-11-12-37-26(2,3)4/h5-10,13-14H,11-12,29H2,1-4H3,(H2,30,35)(H,31,36). The predicted octanol–water partition coefficient (Wildman–Crippen LogP) is 4.31. The Morgan fingerprint density at radius 1 is 1.16 bits per heavy atom. The average molecular weight is 562 g/mol. The number of nitrogens with zero attached hydrogens (tertiary/aromatic N) is 2. The zero-order chi connectivity index (χ0) is 28.2. The van der Waals surface area contributed by atoms with Crippen LogP contribution in [-0.4, -0.2) is 47.4 Å². The van der Waals surface area contributed by atoms with Crippen LogP contribution in [0.3, 0.4) is 0 Å². The Labute approximate surface area is 228 Å². The number of hydrogen-bond donors (Lipinski definition) is 3. The van der Waals surface area contributed by atoms with Crippen molar-refractivity contribution in [1.29, 1.82) is 0 Å². The summed E-state index contributed by atoms with van der Waals surface area (Å²) in [5.41, 5.74) is 12.2. The molecule has 5 N–H and O–H groups in total. The number of ether oxygens (including phenoxy) is 1. The Kier molecular flexibility index (Phi) is 9.08. The minimum atomic E-state index is -0.935. The summed E-state index contributed by atoms with van der Waals surface area (Å²) in [7, 11) is 0. The molecule has 9 nitrogen and oxygen atoms in total. The number of rotatable bonds is 10. The topological polar surface area (TPSA) is 141 Å². The number of aromatic nitrogens is 1. The molecule has 0 aliphatic carbocycles. The second-order valence-electron chi connectivity index (χ2n) is 9.38. The number of halogens is 2. The summed E-state index contributed by atoms with van der Waals surface area (Å²) in [6, 6.07) is 9.14. The average Bonchev–Trinajstić information content (AvgIpc) is 3.23. The van der Waals surface area contributed by atoms with E-state index in [1.54, 1.807) is 0 Å². The summed E-state index contributed by atoms with van der Waals surface area (Å²) in [5, 5.41) is 2.85. The van der Waals surface area contributed by atoms with Gasteiger partial charge in [-0.05, 0) is 58.0 Å². The molecular weight excluding hydrogens is 533 g/mol. The molecule has 3 rings (SSSR count). The number of nitrogen functional groups attached to an aromatic ring is 1. The van der Waals surface area contributed by atoms with Gasteiger partial charge in [0.15, 0.2) is 5.13 Å². The van der Waals surface area contributed by atoms with Gasteiger partial charge in [0.05, 0.1) is 17.2 Å². The predicted molar refractivity (Wildman–Crippen MR) is 147 cm³/mol. The zero-order valence-electron chi connectivity index (χ0n) is 21.4. The molecule has 2 amide bonds. The number of carbonyl (C=O) groups is 3. The lowest BCUT2D eigenvalue weighted by Gasteiger charge is -2.26. The van der Waals surface area contributed by atoms with Gasteiger partial charge in [-0.2, -0.15) is 0 Å². The highest BCUT2D eigenvalue weighted by Gasteiger charge is 2.28. The van der Waals surface area contributed by atoms with E-state index in [0.717, 1.165) is 17.4 Å². The van der Waals surface area contributed by atoms with Gasteiger partial charge in [0.25, 0.3) is 5.91 Å². The summed E-state index contributed by atoms with van der Waals surface area (Å²) in [5.74, 6) is -2.18. The number of nitrogens with two attached hydrogens (primary N) is 2. The van der Waals surface area contributed by atoms with Crippen LogP contribution in [0.2, 0.25) is 5.02 Å². The number of primary amides is 1. The van der Waals surface area contributed by atoms with Crippen LogP contribution in [0.4, 0.5) is 21.0 Å². The fourth-order valence-corrected chi connectivity index (χ4v) is 4.54. The molecule has 0 saturated carbocycles. The minimum Gasteiger partial charge on any atom is -0.382 e. The third-order valence-electron chi connectivity index (χ3n) is 5.37. The fourth-order valence-electron chi connectivity index (χ4n) is 3.38. The first-order chi connectivity index (χ1) is 17.8. The minimum absolute atomic E-state index is 0.0632. The smallest absolute Gasteiger partial charge is 0.251 e. The van der Waals surface area contributed by atoms with Crippen molar-refractivity contribution < 1.29 is 23.5 Å². The summed E-state index contributed by atoms with van der Waals surface area (Å²) in [6.07, 6.45) is 0. The van der Waals surface area contributed by atoms with Gasteiger partial charge in [0.1, 0.15) is 22.6 Å². The normalized spacial score (nSPS) is 12.2. The number of ketones is 1. The summed E-state index contributed by atoms with van der Waals surface area (Å²) >= 11 is 6.73. The van der Waals surface area contributed by atoms with E-state index in [1.807, 2.05) is 20.8 Å². The third-order valence-corrected chi connectivity index (χ3v) is 6.74. The fraction of sp³-hybridized carbons (Fsp3) is 0.308. The van der Waals surface area contributed by atoms with Crippen LogP contribution in [0.5, 0.6) is 0 Å². The monoisotopic (exact) mass is 561 g/mol. The lowest BCUT2D eigenvalue weighted by atomic mass is 10.1. The van der Waals surface area contributed by atoms with E-state index in [9.17, 15) is 18.8 Å². The molecule has 0 aliphatic rings. The molecule has 0 aliphatic heterocycles. The van der Waals surface area contributed by atoms with Gasteiger partial charge in [-0.3, -0.25) is 14.4 Å². The Bertz CT molecular complexity index is 1340. The van der Waals surface area contributed by atoms with E-state index in [2.05, 4.69) is 10.3 Å². The van der Waals surface area contributed by atoms with Crippen LogP contribution >= 0.6 is 22.9 Å². The zero-order valence-corrected chi connectivity index (χ0v) is 23.0. The maximum atomic E-state index is 14.2. The molecule has 0 spiro atoms. The molecule has 1 atom stereocenters. The molecule has 0 radical (unpaired) electrons. The van der Waals surface area contributed by atoms with Crippen LogP contribution in [-0.2, 0) is 9.53 Å². The van der Waals surface area contributed by atoms with Crippen molar-refractivity contribution in [1.82, 2.24) is 10.3 Å². The number of thiazole rings is 1. The van der Waals surface area contributed by atoms with Gasteiger partial charge in [0, 0.05) is 23.4 Å². The number of amides is 2. The van der Waals surface area contributed by atoms with Crippen LogP contribution in [0.25, 0.3) is 0 Å². The largest absolute Gasteiger partial charge is 0.382 e. The highest BCUT2D eigenvalue weighted by molar-refractivity contribution is 7.18. The molecule has 12 heteroatoms. The van der Waals surface area contributed by atoms with Gasteiger partial charge in [0.2, 0.25) is 11.7 Å². The van der Waals surface area contributed by atoms with Crippen molar-refractivity contribution in [3.05, 3.63) is 69.3 Å². The van der Waals surface area contributed by atoms with Crippen molar-refractivity contribution in [2.24, 2.45) is 5.73 Å². The Morgan fingerprint density at radius 3 is 2.37 bits per heavy atom. The summed E-state index contributed by atoms with van der Waals surface area (Å²) < 4.78 is 19.8. The first-order valence-electron chi connectivity index (χ1n) is 11.7. The molecule has 3 aromatic rings. The van der Waals surface area contributed by atoms with E-state index in [4.69, 9.17) is 27.8 Å². The van der Waals surface area contributed by atoms with Crippen LogP contribution in [0.1, 0.15) is 53.3 Å². The second kappa shape index (κ2) is 11.9. The molecule has 1 heterocycles. The maximum absolute atomic E-state index is 14.2. The Morgan fingerprint density at radius 2 is 1.79 bits per heavy atom. The molecule has 202 valence electrons.